The molecule has 0 spiro atoms. The first-order valence-electron chi connectivity index (χ1n) is 5.32. The number of nitrogens with two attached hydrogens (primary N) is 1. The number of benzene rings is 1. The predicted octanol–water partition coefficient (Wildman–Crippen LogP) is 2.83. The average molecular weight is 191 g/mol. The fraction of sp³-hybridized carbons (Fsp3) is 0.538. The van der Waals surface area contributed by atoms with Gasteiger partial charge in [-0.15, -0.1) is 0 Å². The Morgan fingerprint density at radius 3 is 2.43 bits per heavy atom. The molecule has 0 radical (unpaired) electrons. The maximum Gasteiger partial charge on any atom is 0.0103 e. The third-order valence-corrected chi connectivity index (χ3v) is 2.82. The summed E-state index contributed by atoms with van der Waals surface area (Å²) in [7, 11) is 0. The molecule has 2 N–H and O–H groups in total. The number of hydrogen-bond donors (Lipinski definition) is 1. The number of aryl methyl sites for hydroxylation is 2. The lowest BCUT2D eigenvalue weighted by atomic mass is 9.94. The summed E-state index contributed by atoms with van der Waals surface area (Å²) in [5.41, 5.74) is 10.1. The molecule has 0 aliphatic carbocycles. The van der Waals surface area contributed by atoms with Gasteiger partial charge in [-0.25, -0.2) is 0 Å². The van der Waals surface area contributed by atoms with E-state index < -0.39 is 0 Å². The van der Waals surface area contributed by atoms with Crippen molar-refractivity contribution in [2.24, 2.45) is 11.7 Å². The first kappa shape index (κ1) is 11.3. The highest BCUT2D eigenvalue weighted by atomic mass is 14.6. The predicted molar refractivity (Wildman–Crippen MR) is 62.4 cm³/mol. The highest BCUT2D eigenvalue weighted by Gasteiger charge is 2.09. The van der Waals surface area contributed by atoms with Crippen molar-refractivity contribution in [2.75, 3.05) is 0 Å². The molecule has 0 saturated heterocycles. The van der Waals surface area contributed by atoms with Crippen LogP contribution in [0.25, 0.3) is 0 Å². The van der Waals surface area contributed by atoms with Crippen molar-refractivity contribution in [3.05, 3.63) is 34.9 Å². The van der Waals surface area contributed by atoms with Crippen LogP contribution in [0.3, 0.4) is 0 Å². The maximum atomic E-state index is 6.07. The lowest BCUT2D eigenvalue weighted by molar-refractivity contribution is 0.490. The van der Waals surface area contributed by atoms with Crippen molar-refractivity contribution in [1.82, 2.24) is 0 Å². The van der Waals surface area contributed by atoms with Gasteiger partial charge in [0, 0.05) is 6.04 Å². The van der Waals surface area contributed by atoms with Crippen molar-refractivity contribution in [3.63, 3.8) is 0 Å². The van der Waals surface area contributed by atoms with E-state index in [1.165, 1.54) is 16.7 Å². The van der Waals surface area contributed by atoms with Crippen LogP contribution in [-0.4, -0.2) is 6.04 Å². The Morgan fingerprint density at radius 2 is 1.86 bits per heavy atom. The van der Waals surface area contributed by atoms with Crippen LogP contribution >= 0.6 is 0 Å². The second-order valence-electron chi connectivity index (χ2n) is 4.54. The van der Waals surface area contributed by atoms with Crippen LogP contribution in [-0.2, 0) is 6.42 Å². The third kappa shape index (κ3) is 2.85. The van der Waals surface area contributed by atoms with Crippen molar-refractivity contribution in [3.8, 4) is 0 Å². The van der Waals surface area contributed by atoms with Crippen molar-refractivity contribution < 1.29 is 0 Å². The van der Waals surface area contributed by atoms with E-state index in [4.69, 9.17) is 5.73 Å². The van der Waals surface area contributed by atoms with Crippen LogP contribution in [0.4, 0.5) is 0 Å². The molecule has 1 aromatic carbocycles. The van der Waals surface area contributed by atoms with Gasteiger partial charge in [0.1, 0.15) is 0 Å². The summed E-state index contributed by atoms with van der Waals surface area (Å²) in [6.45, 7) is 8.64. The van der Waals surface area contributed by atoms with E-state index in [1.807, 2.05) is 0 Å². The van der Waals surface area contributed by atoms with Gasteiger partial charge in [0.15, 0.2) is 0 Å². The van der Waals surface area contributed by atoms with E-state index in [9.17, 15) is 0 Å². The number of rotatable bonds is 3. The zero-order valence-electron chi connectivity index (χ0n) is 9.67. The average Bonchev–Trinajstić information content (AvgIpc) is 2.11. The molecule has 1 rings (SSSR count). The van der Waals surface area contributed by atoms with Crippen LogP contribution in [0.1, 0.15) is 30.5 Å². The Labute approximate surface area is 87.3 Å². The standard InChI is InChI=1S/C13H21N/c1-9(2)13(14)8-12-7-10(3)5-6-11(12)4/h5-7,9,13H,8,14H2,1-4H3. The second kappa shape index (κ2) is 4.61. The van der Waals surface area contributed by atoms with Crippen LogP contribution < -0.4 is 5.73 Å². The molecule has 0 fully saturated rings. The molecule has 1 heteroatoms. The summed E-state index contributed by atoms with van der Waals surface area (Å²) in [4.78, 5) is 0. The lowest BCUT2D eigenvalue weighted by Gasteiger charge is -2.17. The topological polar surface area (TPSA) is 26.0 Å². The van der Waals surface area contributed by atoms with E-state index in [1.54, 1.807) is 0 Å². The van der Waals surface area contributed by atoms with Gasteiger partial charge in [-0.1, -0.05) is 37.6 Å². The molecule has 14 heavy (non-hydrogen) atoms. The first-order chi connectivity index (χ1) is 6.50. The molecule has 1 atom stereocenters. The van der Waals surface area contributed by atoms with Gasteiger partial charge in [0.25, 0.3) is 0 Å². The molecule has 78 valence electrons. The van der Waals surface area contributed by atoms with Crippen molar-refractivity contribution in [1.29, 1.82) is 0 Å². The molecule has 0 aromatic heterocycles. The molecule has 0 saturated carbocycles. The molecule has 0 heterocycles. The molecule has 0 bridgehead atoms. The second-order valence-corrected chi connectivity index (χ2v) is 4.54. The molecular weight excluding hydrogens is 170 g/mol. The fourth-order valence-corrected chi connectivity index (χ4v) is 1.51. The quantitative estimate of drug-likeness (QED) is 0.781. The molecular formula is C13H21N. The SMILES string of the molecule is Cc1ccc(C)c(CC(N)C(C)C)c1. The number of hydrogen-bond acceptors (Lipinski definition) is 1. The molecule has 0 aliphatic rings. The van der Waals surface area contributed by atoms with Gasteiger partial charge in [-0.2, -0.15) is 0 Å². The largest absolute Gasteiger partial charge is 0.327 e. The minimum atomic E-state index is 0.274. The zero-order valence-corrected chi connectivity index (χ0v) is 9.67. The molecule has 0 amide bonds. The van der Waals surface area contributed by atoms with Crippen LogP contribution in [0.2, 0.25) is 0 Å². The Balaban J connectivity index is 2.80. The van der Waals surface area contributed by atoms with Gasteiger partial charge >= 0.3 is 0 Å². The van der Waals surface area contributed by atoms with Crippen molar-refractivity contribution >= 4 is 0 Å². The Kier molecular flexibility index (Phi) is 3.70. The van der Waals surface area contributed by atoms with E-state index in [0.717, 1.165) is 6.42 Å². The van der Waals surface area contributed by atoms with Gasteiger partial charge < -0.3 is 5.73 Å². The van der Waals surface area contributed by atoms with E-state index in [2.05, 4.69) is 45.9 Å². The highest BCUT2D eigenvalue weighted by molar-refractivity contribution is 5.31. The van der Waals surface area contributed by atoms with E-state index >= 15 is 0 Å². The Hall–Kier alpha value is -0.820. The Bertz CT molecular complexity index is 302. The van der Waals surface area contributed by atoms with Crippen molar-refractivity contribution in [2.45, 2.75) is 40.2 Å². The lowest BCUT2D eigenvalue weighted by Crippen LogP contribution is -2.29. The highest BCUT2D eigenvalue weighted by Crippen LogP contribution is 2.14. The normalized spacial score (nSPS) is 13.3. The molecule has 0 aliphatic heterocycles. The van der Waals surface area contributed by atoms with E-state index in [0.29, 0.717) is 5.92 Å². The molecule has 1 unspecified atom stereocenters. The summed E-state index contributed by atoms with van der Waals surface area (Å²) in [5.74, 6) is 0.551. The zero-order chi connectivity index (χ0) is 10.7. The molecule has 1 nitrogen and oxygen atoms in total. The molecule has 1 aromatic rings. The minimum Gasteiger partial charge on any atom is -0.327 e. The summed E-state index contributed by atoms with van der Waals surface area (Å²) in [5, 5.41) is 0. The Morgan fingerprint density at radius 1 is 1.21 bits per heavy atom. The first-order valence-corrected chi connectivity index (χ1v) is 5.32. The van der Waals surface area contributed by atoms with Gasteiger partial charge in [-0.3, -0.25) is 0 Å². The van der Waals surface area contributed by atoms with Crippen LogP contribution in [0.15, 0.2) is 18.2 Å². The van der Waals surface area contributed by atoms with Crippen LogP contribution in [0.5, 0.6) is 0 Å². The summed E-state index contributed by atoms with van der Waals surface area (Å²) in [6, 6.07) is 6.85. The summed E-state index contributed by atoms with van der Waals surface area (Å²) < 4.78 is 0. The van der Waals surface area contributed by atoms with Gasteiger partial charge in [-0.05, 0) is 37.3 Å². The van der Waals surface area contributed by atoms with E-state index in [-0.39, 0.29) is 6.04 Å². The van der Waals surface area contributed by atoms with Gasteiger partial charge in [0.05, 0.1) is 0 Å². The fourth-order valence-electron chi connectivity index (χ4n) is 1.51. The minimum absolute atomic E-state index is 0.274. The maximum absolute atomic E-state index is 6.07. The van der Waals surface area contributed by atoms with Gasteiger partial charge in [0.2, 0.25) is 0 Å². The summed E-state index contributed by atoms with van der Waals surface area (Å²) in [6.07, 6.45) is 0.991. The summed E-state index contributed by atoms with van der Waals surface area (Å²) >= 11 is 0. The third-order valence-electron chi connectivity index (χ3n) is 2.82. The van der Waals surface area contributed by atoms with Crippen LogP contribution in [0, 0.1) is 19.8 Å². The monoisotopic (exact) mass is 191 g/mol. The smallest absolute Gasteiger partial charge is 0.0103 e.